The Morgan fingerprint density at radius 2 is 1.81 bits per heavy atom. The Labute approximate surface area is 159 Å². The number of anilines is 1. The van der Waals surface area contributed by atoms with Crippen LogP contribution in [0.25, 0.3) is 0 Å². The SMILES string of the molecule is C[C@@H](OC(=O)c1ccccc1[S@](C)=O)C(=O)Nc1ccc2c(c1)OCCO2. The molecule has 0 unspecified atom stereocenters. The molecule has 7 nitrogen and oxygen atoms in total. The number of benzene rings is 2. The summed E-state index contributed by atoms with van der Waals surface area (Å²) in [6.07, 6.45) is 0.438. The van der Waals surface area contributed by atoms with E-state index >= 15 is 0 Å². The molecule has 0 radical (unpaired) electrons. The first-order valence-electron chi connectivity index (χ1n) is 8.29. The molecular formula is C19H19NO6S. The average molecular weight is 389 g/mol. The van der Waals surface area contributed by atoms with Gasteiger partial charge in [-0.15, -0.1) is 0 Å². The molecule has 27 heavy (non-hydrogen) atoms. The smallest absolute Gasteiger partial charge is 0.340 e. The van der Waals surface area contributed by atoms with E-state index in [1.54, 1.807) is 36.4 Å². The lowest BCUT2D eigenvalue weighted by Gasteiger charge is -2.19. The topological polar surface area (TPSA) is 90.9 Å². The van der Waals surface area contributed by atoms with E-state index in [-0.39, 0.29) is 5.56 Å². The molecule has 142 valence electrons. The van der Waals surface area contributed by atoms with Crippen molar-refractivity contribution in [1.29, 1.82) is 0 Å². The number of ether oxygens (including phenoxy) is 3. The lowest BCUT2D eigenvalue weighted by atomic mass is 10.2. The number of rotatable bonds is 5. The van der Waals surface area contributed by atoms with Crippen molar-refractivity contribution in [3.8, 4) is 11.5 Å². The molecule has 0 aliphatic carbocycles. The lowest BCUT2D eigenvalue weighted by molar-refractivity contribution is -0.123. The van der Waals surface area contributed by atoms with Crippen molar-refractivity contribution >= 4 is 28.4 Å². The van der Waals surface area contributed by atoms with Gasteiger partial charge in [-0.1, -0.05) is 12.1 Å². The number of fused-ring (bicyclic) bond motifs is 1. The number of carbonyl (C=O) groups excluding carboxylic acids is 2. The fourth-order valence-electron chi connectivity index (χ4n) is 2.53. The minimum Gasteiger partial charge on any atom is -0.486 e. The van der Waals surface area contributed by atoms with Gasteiger partial charge in [-0.2, -0.15) is 0 Å². The second-order valence-electron chi connectivity index (χ2n) is 5.85. The van der Waals surface area contributed by atoms with Crippen LogP contribution in [0.15, 0.2) is 47.4 Å². The van der Waals surface area contributed by atoms with Gasteiger partial charge in [0.1, 0.15) is 13.2 Å². The maximum absolute atomic E-state index is 12.4. The number of esters is 1. The molecule has 8 heteroatoms. The Balaban J connectivity index is 1.66. The Bertz CT molecular complexity index is 898. The van der Waals surface area contributed by atoms with Gasteiger partial charge in [-0.3, -0.25) is 9.00 Å². The van der Waals surface area contributed by atoms with E-state index in [1.165, 1.54) is 19.2 Å². The van der Waals surface area contributed by atoms with Crippen LogP contribution in [0.4, 0.5) is 5.69 Å². The third-order valence-corrected chi connectivity index (χ3v) is 4.85. The lowest BCUT2D eigenvalue weighted by Crippen LogP contribution is -2.30. The van der Waals surface area contributed by atoms with Gasteiger partial charge in [0.2, 0.25) is 0 Å². The number of amides is 1. The molecule has 2 aromatic carbocycles. The summed E-state index contributed by atoms with van der Waals surface area (Å²) in [5.74, 6) is -0.0355. The third-order valence-electron chi connectivity index (χ3n) is 3.88. The molecule has 0 bridgehead atoms. The number of hydrogen-bond acceptors (Lipinski definition) is 6. The van der Waals surface area contributed by atoms with Crippen molar-refractivity contribution in [2.45, 2.75) is 17.9 Å². The van der Waals surface area contributed by atoms with Crippen molar-refractivity contribution in [3.63, 3.8) is 0 Å². The average Bonchev–Trinajstić information content (AvgIpc) is 2.67. The summed E-state index contributed by atoms with van der Waals surface area (Å²) >= 11 is 0. The van der Waals surface area contributed by atoms with Crippen LogP contribution in [0.1, 0.15) is 17.3 Å². The van der Waals surface area contributed by atoms with E-state index in [1.807, 2.05) is 0 Å². The molecule has 2 aromatic rings. The molecule has 1 heterocycles. The maximum Gasteiger partial charge on any atom is 0.340 e. The highest BCUT2D eigenvalue weighted by molar-refractivity contribution is 7.84. The fraction of sp³-hybridized carbons (Fsp3) is 0.263. The van der Waals surface area contributed by atoms with Crippen LogP contribution < -0.4 is 14.8 Å². The minimum absolute atomic E-state index is 0.178. The summed E-state index contributed by atoms with van der Waals surface area (Å²) in [5.41, 5.74) is 0.680. The molecule has 1 aliphatic heterocycles. The highest BCUT2D eigenvalue weighted by Crippen LogP contribution is 2.32. The summed E-state index contributed by atoms with van der Waals surface area (Å²) < 4.78 is 27.9. The quantitative estimate of drug-likeness (QED) is 0.790. The largest absolute Gasteiger partial charge is 0.486 e. The van der Waals surface area contributed by atoms with Crippen molar-refractivity contribution in [2.75, 3.05) is 24.8 Å². The molecule has 0 saturated heterocycles. The molecule has 1 amide bonds. The van der Waals surface area contributed by atoms with E-state index < -0.39 is 28.8 Å². The normalized spacial score (nSPS) is 14.7. The zero-order chi connectivity index (χ0) is 19.4. The molecule has 0 spiro atoms. The molecule has 0 fully saturated rings. The molecule has 1 aliphatic rings. The zero-order valence-corrected chi connectivity index (χ0v) is 15.7. The summed E-state index contributed by atoms with van der Waals surface area (Å²) in [6.45, 7) is 2.39. The van der Waals surface area contributed by atoms with Crippen LogP contribution in [0.3, 0.4) is 0 Å². The van der Waals surface area contributed by atoms with Crippen LogP contribution in [0.2, 0.25) is 0 Å². The van der Waals surface area contributed by atoms with Crippen LogP contribution in [-0.2, 0) is 20.3 Å². The second kappa shape index (κ2) is 8.22. The van der Waals surface area contributed by atoms with Gasteiger partial charge < -0.3 is 19.5 Å². The first-order valence-corrected chi connectivity index (χ1v) is 9.85. The van der Waals surface area contributed by atoms with Gasteiger partial charge in [0.15, 0.2) is 17.6 Å². The highest BCUT2D eigenvalue weighted by Gasteiger charge is 2.22. The molecule has 2 atom stereocenters. The zero-order valence-electron chi connectivity index (χ0n) is 14.9. The Morgan fingerprint density at radius 1 is 1.11 bits per heavy atom. The van der Waals surface area contributed by atoms with Crippen molar-refractivity contribution in [3.05, 3.63) is 48.0 Å². The van der Waals surface area contributed by atoms with Crippen LogP contribution >= 0.6 is 0 Å². The first-order chi connectivity index (χ1) is 13.0. The summed E-state index contributed by atoms with van der Waals surface area (Å²) in [4.78, 5) is 25.1. The maximum atomic E-state index is 12.4. The van der Waals surface area contributed by atoms with Gasteiger partial charge in [0, 0.05) is 18.0 Å². The van der Waals surface area contributed by atoms with Crippen molar-refractivity contribution in [2.24, 2.45) is 0 Å². The second-order valence-corrected chi connectivity index (χ2v) is 7.19. The predicted octanol–water partition coefficient (Wildman–Crippen LogP) is 2.38. The molecule has 0 saturated carbocycles. The van der Waals surface area contributed by atoms with E-state index in [0.717, 1.165) is 0 Å². The highest BCUT2D eigenvalue weighted by atomic mass is 32.2. The molecule has 3 rings (SSSR count). The number of nitrogens with one attached hydrogen (secondary N) is 1. The van der Waals surface area contributed by atoms with Crippen molar-refractivity contribution < 1.29 is 28.0 Å². The van der Waals surface area contributed by atoms with Gasteiger partial charge in [-0.25, -0.2) is 4.79 Å². The van der Waals surface area contributed by atoms with Gasteiger partial charge in [0.25, 0.3) is 5.91 Å². The van der Waals surface area contributed by atoms with E-state index in [2.05, 4.69) is 5.32 Å². The monoisotopic (exact) mass is 389 g/mol. The van der Waals surface area contributed by atoms with Crippen molar-refractivity contribution in [1.82, 2.24) is 0 Å². The van der Waals surface area contributed by atoms with Gasteiger partial charge in [0.05, 0.1) is 21.3 Å². The van der Waals surface area contributed by atoms with Gasteiger partial charge >= 0.3 is 5.97 Å². The summed E-state index contributed by atoms with van der Waals surface area (Å²) in [7, 11) is -1.35. The van der Waals surface area contributed by atoms with E-state index in [4.69, 9.17) is 14.2 Å². The van der Waals surface area contributed by atoms with Crippen LogP contribution in [0.5, 0.6) is 11.5 Å². The van der Waals surface area contributed by atoms with E-state index in [0.29, 0.717) is 35.3 Å². The fourth-order valence-corrected chi connectivity index (χ4v) is 3.26. The van der Waals surface area contributed by atoms with Crippen LogP contribution in [0, 0.1) is 0 Å². The molecule has 1 N–H and O–H groups in total. The molecule has 0 aromatic heterocycles. The Hall–Kier alpha value is -2.87. The molecular weight excluding hydrogens is 370 g/mol. The predicted molar refractivity (Wildman–Crippen MR) is 99.7 cm³/mol. The minimum atomic E-state index is -1.35. The van der Waals surface area contributed by atoms with E-state index in [9.17, 15) is 13.8 Å². The number of hydrogen-bond donors (Lipinski definition) is 1. The third kappa shape index (κ3) is 4.46. The standard InChI is InChI=1S/C19H19NO6S/c1-12(26-19(22)14-5-3-4-6-17(14)27(2)23)18(21)20-13-7-8-15-16(11-13)25-10-9-24-15/h3-8,11-12H,9-10H2,1-2H3,(H,20,21)/t12-,27+/m1/s1. The summed E-state index contributed by atoms with van der Waals surface area (Å²) in [5, 5.41) is 2.67. The first kappa shape index (κ1) is 18.9. The summed E-state index contributed by atoms with van der Waals surface area (Å²) in [6, 6.07) is 11.5. The number of carbonyl (C=O) groups is 2. The Morgan fingerprint density at radius 3 is 2.56 bits per heavy atom. The Kier molecular flexibility index (Phi) is 5.75. The van der Waals surface area contributed by atoms with Crippen LogP contribution in [-0.4, -0.2) is 41.7 Å². The van der Waals surface area contributed by atoms with Gasteiger partial charge in [-0.05, 0) is 31.2 Å².